The Morgan fingerprint density at radius 1 is 1.39 bits per heavy atom. The zero-order valence-corrected chi connectivity index (χ0v) is 16.9. The van der Waals surface area contributed by atoms with Gasteiger partial charge < -0.3 is 24.6 Å². The van der Waals surface area contributed by atoms with Gasteiger partial charge in [-0.05, 0) is 25.8 Å². The lowest BCUT2D eigenvalue weighted by Gasteiger charge is -2.34. The summed E-state index contributed by atoms with van der Waals surface area (Å²) in [5, 5.41) is 3.45. The summed E-state index contributed by atoms with van der Waals surface area (Å²) in [6.07, 6.45) is 3.66. The fourth-order valence-corrected chi connectivity index (χ4v) is 3.76. The van der Waals surface area contributed by atoms with Crippen LogP contribution in [0.15, 0.2) is 23.3 Å². The SMILES string of the molecule is CCOC(=O)C1CCCN(C(=NC)NCc2cccnc2N2CCOCC2)C1. The average molecular weight is 390 g/mol. The second kappa shape index (κ2) is 10.3. The zero-order chi connectivity index (χ0) is 19.8. The van der Waals surface area contributed by atoms with Crippen LogP contribution in [0.3, 0.4) is 0 Å². The van der Waals surface area contributed by atoms with Gasteiger partial charge in [0, 0.05) is 51.5 Å². The van der Waals surface area contributed by atoms with Gasteiger partial charge >= 0.3 is 5.97 Å². The summed E-state index contributed by atoms with van der Waals surface area (Å²) in [5.74, 6) is 1.61. The molecule has 8 heteroatoms. The van der Waals surface area contributed by atoms with Gasteiger partial charge in [0.25, 0.3) is 0 Å². The second-order valence-corrected chi connectivity index (χ2v) is 7.02. The molecule has 0 radical (unpaired) electrons. The van der Waals surface area contributed by atoms with Gasteiger partial charge in [0.05, 0.1) is 25.7 Å². The monoisotopic (exact) mass is 389 g/mol. The van der Waals surface area contributed by atoms with Gasteiger partial charge in [0.2, 0.25) is 0 Å². The van der Waals surface area contributed by atoms with E-state index in [0.29, 0.717) is 19.7 Å². The molecule has 3 heterocycles. The molecular formula is C20H31N5O3. The molecule has 0 saturated carbocycles. The number of anilines is 1. The molecule has 1 aromatic rings. The molecule has 2 fully saturated rings. The number of aliphatic imine (C=N–C) groups is 1. The summed E-state index contributed by atoms with van der Waals surface area (Å²) in [5.41, 5.74) is 1.13. The Morgan fingerprint density at radius 2 is 2.21 bits per heavy atom. The molecule has 0 spiro atoms. The van der Waals surface area contributed by atoms with E-state index in [1.807, 2.05) is 19.2 Å². The molecule has 1 unspecified atom stereocenters. The van der Waals surface area contributed by atoms with Gasteiger partial charge in [-0.2, -0.15) is 0 Å². The van der Waals surface area contributed by atoms with Crippen LogP contribution in [0, 0.1) is 5.92 Å². The minimum Gasteiger partial charge on any atom is -0.466 e. The molecule has 0 aliphatic carbocycles. The van der Waals surface area contributed by atoms with E-state index in [9.17, 15) is 4.79 Å². The third-order valence-electron chi connectivity index (χ3n) is 5.17. The number of likely N-dealkylation sites (tertiary alicyclic amines) is 1. The fourth-order valence-electron chi connectivity index (χ4n) is 3.76. The summed E-state index contributed by atoms with van der Waals surface area (Å²) in [4.78, 5) is 25.6. The Kier molecular flexibility index (Phi) is 7.47. The maximum Gasteiger partial charge on any atom is 0.310 e. The number of ether oxygens (including phenoxy) is 2. The first-order valence-corrected chi connectivity index (χ1v) is 10.1. The van der Waals surface area contributed by atoms with Crippen molar-refractivity contribution < 1.29 is 14.3 Å². The summed E-state index contributed by atoms with van der Waals surface area (Å²) in [6, 6.07) is 4.05. The summed E-state index contributed by atoms with van der Waals surface area (Å²) in [6.45, 7) is 7.60. The molecule has 0 amide bonds. The molecule has 28 heavy (non-hydrogen) atoms. The minimum atomic E-state index is -0.107. The maximum absolute atomic E-state index is 12.1. The number of hydrogen-bond donors (Lipinski definition) is 1. The van der Waals surface area contributed by atoms with Crippen molar-refractivity contribution in [3.63, 3.8) is 0 Å². The first-order valence-electron chi connectivity index (χ1n) is 10.1. The number of aromatic nitrogens is 1. The molecule has 8 nitrogen and oxygen atoms in total. The van der Waals surface area contributed by atoms with Crippen LogP contribution < -0.4 is 10.2 Å². The number of guanidine groups is 1. The zero-order valence-electron chi connectivity index (χ0n) is 16.9. The highest BCUT2D eigenvalue weighted by atomic mass is 16.5. The van der Waals surface area contributed by atoms with Crippen molar-refractivity contribution in [2.75, 3.05) is 57.9 Å². The standard InChI is InChI=1S/C20H31N5O3/c1-3-28-19(26)17-7-5-9-25(15-17)20(21-2)23-14-16-6-4-8-22-18(16)24-10-12-27-13-11-24/h4,6,8,17H,3,5,7,9-15H2,1-2H3,(H,21,23). The molecule has 0 bridgehead atoms. The number of nitrogens with one attached hydrogen (secondary N) is 1. The quantitative estimate of drug-likeness (QED) is 0.461. The lowest BCUT2D eigenvalue weighted by atomic mass is 9.98. The van der Waals surface area contributed by atoms with Gasteiger partial charge in [-0.1, -0.05) is 6.07 Å². The van der Waals surface area contributed by atoms with E-state index in [-0.39, 0.29) is 11.9 Å². The molecular weight excluding hydrogens is 358 g/mol. The topological polar surface area (TPSA) is 79.3 Å². The van der Waals surface area contributed by atoms with Crippen molar-refractivity contribution in [3.05, 3.63) is 23.9 Å². The largest absolute Gasteiger partial charge is 0.466 e. The predicted molar refractivity (Wildman–Crippen MR) is 108 cm³/mol. The Labute approximate surface area is 166 Å². The number of nitrogens with zero attached hydrogens (tertiary/aromatic N) is 4. The summed E-state index contributed by atoms with van der Waals surface area (Å²) in [7, 11) is 1.78. The normalized spacial score (nSPS) is 20.8. The van der Waals surface area contributed by atoms with E-state index in [1.54, 1.807) is 7.05 Å². The van der Waals surface area contributed by atoms with Gasteiger partial charge in [0.1, 0.15) is 5.82 Å². The molecule has 3 rings (SSSR count). The Bertz CT molecular complexity index is 676. The first-order chi connectivity index (χ1) is 13.7. The number of piperidine rings is 1. The van der Waals surface area contributed by atoms with Crippen molar-refractivity contribution in [3.8, 4) is 0 Å². The third-order valence-corrected chi connectivity index (χ3v) is 5.17. The molecule has 2 saturated heterocycles. The van der Waals surface area contributed by atoms with Crippen molar-refractivity contribution in [1.82, 2.24) is 15.2 Å². The van der Waals surface area contributed by atoms with E-state index in [0.717, 1.165) is 63.0 Å². The van der Waals surface area contributed by atoms with Crippen LogP contribution in [0.2, 0.25) is 0 Å². The smallest absolute Gasteiger partial charge is 0.310 e. The summed E-state index contributed by atoms with van der Waals surface area (Å²) < 4.78 is 10.7. The predicted octanol–water partition coefficient (Wildman–Crippen LogP) is 1.27. The number of rotatable bonds is 5. The molecule has 0 aromatic carbocycles. The second-order valence-electron chi connectivity index (χ2n) is 7.02. The van der Waals surface area contributed by atoms with Crippen molar-refractivity contribution in [2.24, 2.45) is 10.9 Å². The van der Waals surface area contributed by atoms with Crippen LogP contribution in [0.1, 0.15) is 25.3 Å². The van der Waals surface area contributed by atoms with Crippen molar-refractivity contribution in [1.29, 1.82) is 0 Å². The van der Waals surface area contributed by atoms with Crippen LogP contribution >= 0.6 is 0 Å². The number of carbonyl (C=O) groups excluding carboxylic acids is 1. The van der Waals surface area contributed by atoms with Gasteiger partial charge in [-0.15, -0.1) is 0 Å². The fraction of sp³-hybridized carbons (Fsp3) is 0.650. The van der Waals surface area contributed by atoms with E-state index in [2.05, 4.69) is 31.2 Å². The molecule has 2 aliphatic heterocycles. The maximum atomic E-state index is 12.1. The molecule has 2 aliphatic rings. The lowest BCUT2D eigenvalue weighted by Crippen LogP contribution is -2.48. The highest BCUT2D eigenvalue weighted by Gasteiger charge is 2.28. The third kappa shape index (κ3) is 5.13. The Balaban J connectivity index is 1.62. The summed E-state index contributed by atoms with van der Waals surface area (Å²) >= 11 is 0. The minimum absolute atomic E-state index is 0.0884. The van der Waals surface area contributed by atoms with Crippen LogP contribution in [-0.4, -0.2) is 74.9 Å². The van der Waals surface area contributed by atoms with Crippen molar-refractivity contribution in [2.45, 2.75) is 26.3 Å². The highest BCUT2D eigenvalue weighted by molar-refractivity contribution is 5.81. The van der Waals surface area contributed by atoms with Gasteiger partial charge in [0.15, 0.2) is 5.96 Å². The number of hydrogen-bond acceptors (Lipinski definition) is 6. The Hall–Kier alpha value is -2.35. The number of carbonyl (C=O) groups is 1. The van der Waals surface area contributed by atoms with Crippen molar-refractivity contribution >= 4 is 17.7 Å². The number of pyridine rings is 1. The molecule has 1 aromatic heterocycles. The molecule has 154 valence electrons. The van der Waals surface area contributed by atoms with E-state index >= 15 is 0 Å². The van der Waals surface area contributed by atoms with E-state index in [4.69, 9.17) is 9.47 Å². The lowest BCUT2D eigenvalue weighted by molar-refractivity contribution is -0.149. The average Bonchev–Trinajstić information content (AvgIpc) is 2.75. The molecule has 1 N–H and O–H groups in total. The van der Waals surface area contributed by atoms with Crippen LogP contribution in [0.25, 0.3) is 0 Å². The van der Waals surface area contributed by atoms with E-state index in [1.165, 1.54) is 0 Å². The first kappa shape index (κ1) is 20.4. The highest BCUT2D eigenvalue weighted by Crippen LogP contribution is 2.20. The van der Waals surface area contributed by atoms with Crippen LogP contribution in [-0.2, 0) is 20.8 Å². The van der Waals surface area contributed by atoms with E-state index < -0.39 is 0 Å². The number of esters is 1. The van der Waals surface area contributed by atoms with Crippen LogP contribution in [0.5, 0.6) is 0 Å². The Morgan fingerprint density at radius 3 is 2.96 bits per heavy atom. The van der Waals surface area contributed by atoms with Gasteiger partial charge in [-0.25, -0.2) is 4.98 Å². The molecule has 1 atom stereocenters. The van der Waals surface area contributed by atoms with Gasteiger partial charge in [-0.3, -0.25) is 9.79 Å². The number of morpholine rings is 1. The van der Waals surface area contributed by atoms with Crippen LogP contribution in [0.4, 0.5) is 5.82 Å².